The molecular weight excluding hydrogens is 266 g/mol. The van der Waals surface area contributed by atoms with Crippen LogP contribution in [0.4, 0.5) is 11.4 Å². The standard InChI is InChI=1S/C16H17N3O2/c20-13-7-10-19(11-13)16(21)14-3-1-2-4-15(14)18-12-5-8-17-9-6-12/h1-6,8-9,13,20H,7,10-11H2,(H,17,18)/t13-/m0/s1. The first kappa shape index (κ1) is 13.6. The molecule has 5 nitrogen and oxygen atoms in total. The fourth-order valence-electron chi connectivity index (χ4n) is 2.47. The van der Waals surface area contributed by atoms with Gasteiger partial charge in [0.25, 0.3) is 5.91 Å². The quantitative estimate of drug-likeness (QED) is 0.904. The smallest absolute Gasteiger partial charge is 0.256 e. The summed E-state index contributed by atoms with van der Waals surface area (Å²) in [5, 5.41) is 12.8. The van der Waals surface area contributed by atoms with E-state index in [1.807, 2.05) is 30.3 Å². The van der Waals surface area contributed by atoms with Crippen LogP contribution >= 0.6 is 0 Å². The molecule has 1 amide bonds. The van der Waals surface area contributed by atoms with Crippen LogP contribution in [0.5, 0.6) is 0 Å². The number of nitrogens with zero attached hydrogens (tertiary/aromatic N) is 2. The van der Waals surface area contributed by atoms with E-state index in [0.29, 0.717) is 25.1 Å². The maximum absolute atomic E-state index is 12.6. The molecule has 1 aliphatic heterocycles. The number of hydrogen-bond acceptors (Lipinski definition) is 4. The Morgan fingerprint density at radius 1 is 1.24 bits per heavy atom. The molecule has 0 spiro atoms. The second-order valence-corrected chi connectivity index (χ2v) is 5.10. The van der Waals surface area contributed by atoms with Crippen molar-refractivity contribution < 1.29 is 9.90 Å². The zero-order valence-electron chi connectivity index (χ0n) is 11.6. The number of aliphatic hydroxyl groups excluding tert-OH is 1. The van der Waals surface area contributed by atoms with Crippen molar-refractivity contribution in [1.29, 1.82) is 0 Å². The molecule has 2 heterocycles. The van der Waals surface area contributed by atoms with Gasteiger partial charge in [0.15, 0.2) is 0 Å². The van der Waals surface area contributed by atoms with Crippen LogP contribution in [0, 0.1) is 0 Å². The summed E-state index contributed by atoms with van der Waals surface area (Å²) >= 11 is 0. The van der Waals surface area contributed by atoms with Crippen LogP contribution in [0.1, 0.15) is 16.8 Å². The summed E-state index contributed by atoms with van der Waals surface area (Å²) < 4.78 is 0. The molecule has 1 atom stereocenters. The lowest BCUT2D eigenvalue weighted by Gasteiger charge is -2.18. The second kappa shape index (κ2) is 5.93. The lowest BCUT2D eigenvalue weighted by Crippen LogP contribution is -2.30. The Hall–Kier alpha value is -2.40. The number of rotatable bonds is 3. The van der Waals surface area contributed by atoms with E-state index in [2.05, 4.69) is 10.3 Å². The van der Waals surface area contributed by atoms with Gasteiger partial charge in [-0.1, -0.05) is 12.1 Å². The van der Waals surface area contributed by atoms with E-state index in [1.54, 1.807) is 23.4 Å². The maximum atomic E-state index is 12.6. The number of anilines is 2. The highest BCUT2D eigenvalue weighted by Gasteiger charge is 2.26. The SMILES string of the molecule is O=C(c1ccccc1Nc1ccncc1)N1CC[C@H](O)C1. The van der Waals surface area contributed by atoms with Gasteiger partial charge in [-0.15, -0.1) is 0 Å². The highest BCUT2D eigenvalue weighted by atomic mass is 16.3. The number of pyridine rings is 1. The minimum atomic E-state index is -0.408. The van der Waals surface area contributed by atoms with E-state index in [1.165, 1.54) is 0 Å². The zero-order valence-corrected chi connectivity index (χ0v) is 11.6. The first-order valence-electron chi connectivity index (χ1n) is 6.97. The molecule has 2 aromatic rings. The summed E-state index contributed by atoms with van der Waals surface area (Å²) in [7, 11) is 0. The van der Waals surface area contributed by atoms with Crippen molar-refractivity contribution in [2.45, 2.75) is 12.5 Å². The number of amides is 1. The molecule has 3 rings (SSSR count). The van der Waals surface area contributed by atoms with Crippen molar-refractivity contribution in [1.82, 2.24) is 9.88 Å². The van der Waals surface area contributed by atoms with Gasteiger partial charge in [-0.3, -0.25) is 9.78 Å². The molecule has 1 aromatic heterocycles. The average Bonchev–Trinajstić information content (AvgIpc) is 2.95. The summed E-state index contributed by atoms with van der Waals surface area (Å²) in [6, 6.07) is 11.1. The molecule has 1 fully saturated rings. The molecular formula is C16H17N3O2. The van der Waals surface area contributed by atoms with Crippen LogP contribution in [-0.2, 0) is 0 Å². The van der Waals surface area contributed by atoms with Crippen LogP contribution in [-0.4, -0.2) is 40.1 Å². The molecule has 5 heteroatoms. The minimum absolute atomic E-state index is 0.0521. The first-order valence-corrected chi connectivity index (χ1v) is 6.97. The van der Waals surface area contributed by atoms with Crippen LogP contribution < -0.4 is 5.32 Å². The zero-order chi connectivity index (χ0) is 14.7. The molecule has 0 unspecified atom stereocenters. The van der Waals surface area contributed by atoms with Gasteiger partial charge in [0.2, 0.25) is 0 Å². The second-order valence-electron chi connectivity index (χ2n) is 5.10. The minimum Gasteiger partial charge on any atom is -0.391 e. The van der Waals surface area contributed by atoms with E-state index >= 15 is 0 Å². The Bertz CT molecular complexity index is 630. The molecule has 0 radical (unpaired) electrons. The van der Waals surface area contributed by atoms with E-state index in [9.17, 15) is 9.90 Å². The predicted octanol–water partition coefficient (Wildman–Crippen LogP) is 2.03. The number of para-hydroxylation sites is 1. The molecule has 21 heavy (non-hydrogen) atoms. The molecule has 1 aliphatic rings. The fraction of sp³-hybridized carbons (Fsp3) is 0.250. The highest BCUT2D eigenvalue weighted by molar-refractivity contribution is 6.00. The Labute approximate surface area is 123 Å². The Morgan fingerprint density at radius 2 is 2.00 bits per heavy atom. The van der Waals surface area contributed by atoms with Crippen molar-refractivity contribution in [2.75, 3.05) is 18.4 Å². The van der Waals surface area contributed by atoms with Gasteiger partial charge < -0.3 is 15.3 Å². The van der Waals surface area contributed by atoms with Gasteiger partial charge in [-0.25, -0.2) is 0 Å². The number of β-amino-alcohol motifs (C(OH)–C–C–N with tert-alkyl or cyclic N) is 1. The fourth-order valence-corrected chi connectivity index (χ4v) is 2.47. The molecule has 0 bridgehead atoms. The van der Waals surface area contributed by atoms with Crippen molar-refractivity contribution >= 4 is 17.3 Å². The number of carbonyl (C=O) groups excluding carboxylic acids is 1. The summed E-state index contributed by atoms with van der Waals surface area (Å²) in [6.45, 7) is 1.01. The van der Waals surface area contributed by atoms with E-state index in [4.69, 9.17) is 0 Å². The average molecular weight is 283 g/mol. The van der Waals surface area contributed by atoms with Crippen LogP contribution in [0.25, 0.3) is 0 Å². The third-order valence-electron chi connectivity index (χ3n) is 3.57. The van der Waals surface area contributed by atoms with Gasteiger partial charge in [0, 0.05) is 31.2 Å². The van der Waals surface area contributed by atoms with Gasteiger partial charge in [-0.05, 0) is 30.7 Å². The Balaban J connectivity index is 1.84. The number of benzene rings is 1. The summed E-state index contributed by atoms with van der Waals surface area (Å²) in [5.41, 5.74) is 2.25. The monoisotopic (exact) mass is 283 g/mol. The lowest BCUT2D eigenvalue weighted by molar-refractivity contribution is 0.0766. The summed E-state index contributed by atoms with van der Waals surface area (Å²) in [6.07, 6.45) is 3.63. The van der Waals surface area contributed by atoms with Crippen LogP contribution in [0.15, 0.2) is 48.8 Å². The number of carbonyl (C=O) groups is 1. The molecule has 1 aromatic carbocycles. The molecule has 108 valence electrons. The van der Waals surface area contributed by atoms with Gasteiger partial charge in [0.05, 0.1) is 17.4 Å². The molecule has 0 aliphatic carbocycles. The number of nitrogens with one attached hydrogen (secondary N) is 1. The Morgan fingerprint density at radius 3 is 2.71 bits per heavy atom. The van der Waals surface area contributed by atoms with Crippen LogP contribution in [0.2, 0.25) is 0 Å². The molecule has 1 saturated heterocycles. The summed E-state index contributed by atoms with van der Waals surface area (Å²) in [4.78, 5) is 18.2. The number of aromatic nitrogens is 1. The van der Waals surface area contributed by atoms with Crippen molar-refractivity contribution in [3.8, 4) is 0 Å². The van der Waals surface area contributed by atoms with Gasteiger partial charge in [0.1, 0.15) is 0 Å². The summed E-state index contributed by atoms with van der Waals surface area (Å²) in [5.74, 6) is -0.0521. The van der Waals surface area contributed by atoms with Gasteiger partial charge >= 0.3 is 0 Å². The topological polar surface area (TPSA) is 65.5 Å². The van der Waals surface area contributed by atoms with Crippen molar-refractivity contribution in [3.05, 3.63) is 54.4 Å². The first-order chi connectivity index (χ1) is 10.2. The maximum Gasteiger partial charge on any atom is 0.256 e. The number of aliphatic hydroxyl groups is 1. The van der Waals surface area contributed by atoms with Crippen molar-refractivity contribution in [2.24, 2.45) is 0 Å². The Kier molecular flexibility index (Phi) is 3.83. The molecule has 2 N–H and O–H groups in total. The van der Waals surface area contributed by atoms with E-state index in [0.717, 1.165) is 11.4 Å². The van der Waals surface area contributed by atoms with Gasteiger partial charge in [-0.2, -0.15) is 0 Å². The highest BCUT2D eigenvalue weighted by Crippen LogP contribution is 2.23. The largest absolute Gasteiger partial charge is 0.391 e. The third kappa shape index (κ3) is 3.03. The van der Waals surface area contributed by atoms with E-state index < -0.39 is 6.10 Å². The van der Waals surface area contributed by atoms with Crippen molar-refractivity contribution in [3.63, 3.8) is 0 Å². The predicted molar refractivity (Wildman–Crippen MR) is 80.5 cm³/mol. The normalized spacial score (nSPS) is 17.8. The number of likely N-dealkylation sites (tertiary alicyclic amines) is 1. The molecule has 0 saturated carbocycles. The van der Waals surface area contributed by atoms with Crippen LogP contribution in [0.3, 0.4) is 0 Å². The van der Waals surface area contributed by atoms with E-state index in [-0.39, 0.29) is 5.91 Å². The lowest BCUT2D eigenvalue weighted by atomic mass is 10.1. The third-order valence-corrected chi connectivity index (χ3v) is 3.57. The number of hydrogen-bond donors (Lipinski definition) is 2.